The van der Waals surface area contributed by atoms with Gasteiger partial charge in [0.1, 0.15) is 11.7 Å². The van der Waals surface area contributed by atoms with Crippen molar-refractivity contribution in [3.8, 4) is 0 Å². The molecule has 0 heterocycles. The van der Waals surface area contributed by atoms with Crippen LogP contribution in [0.1, 0.15) is 10.4 Å². The van der Waals surface area contributed by atoms with Gasteiger partial charge in [0.05, 0.1) is 16.4 Å². The fraction of sp³-hybridized carbons (Fsp3) is 0.174. The van der Waals surface area contributed by atoms with Gasteiger partial charge in [-0.2, -0.15) is 4.72 Å². The number of anilines is 1. The molecule has 0 aliphatic rings. The van der Waals surface area contributed by atoms with E-state index in [1.165, 1.54) is 24.3 Å². The third-order valence-electron chi connectivity index (χ3n) is 5.27. The van der Waals surface area contributed by atoms with Crippen LogP contribution in [0.15, 0.2) is 70.6 Å². The fourth-order valence-electron chi connectivity index (χ4n) is 3.42. The molecule has 200 valence electrons. The summed E-state index contributed by atoms with van der Waals surface area (Å²) in [6.07, 6.45) is 0. The summed E-state index contributed by atoms with van der Waals surface area (Å²) in [5.74, 6) is -2.50. The lowest BCUT2D eigenvalue weighted by Crippen LogP contribution is -2.48. The van der Waals surface area contributed by atoms with Crippen molar-refractivity contribution in [2.75, 3.05) is 25.0 Å². The third kappa shape index (κ3) is 7.14. The molecule has 3 aromatic rings. The van der Waals surface area contributed by atoms with Gasteiger partial charge in [0, 0.05) is 24.7 Å². The van der Waals surface area contributed by atoms with Gasteiger partial charge >= 0.3 is 5.97 Å². The van der Waals surface area contributed by atoms with Crippen molar-refractivity contribution in [3.63, 3.8) is 0 Å². The minimum Gasteiger partial charge on any atom is -0.480 e. The number of nitro benzene ring substituents is 1. The fourth-order valence-corrected chi connectivity index (χ4v) is 4.64. The maximum Gasteiger partial charge on any atom is 0.323 e. The normalized spacial score (nSPS) is 11.9. The van der Waals surface area contributed by atoms with Gasteiger partial charge in [-0.1, -0.05) is 30.3 Å². The second-order valence-corrected chi connectivity index (χ2v) is 9.67. The van der Waals surface area contributed by atoms with Crippen molar-refractivity contribution in [3.05, 3.63) is 76.3 Å². The first-order valence-corrected chi connectivity index (χ1v) is 12.6. The summed E-state index contributed by atoms with van der Waals surface area (Å²) in [7, 11) is -4.25. The number of carboxylic acids is 1. The summed E-state index contributed by atoms with van der Waals surface area (Å²) in [6.45, 7) is -0.275. The molecule has 3 aromatic carbocycles. The summed E-state index contributed by atoms with van der Waals surface area (Å²) >= 11 is 0. The quantitative estimate of drug-likeness (QED) is 0.0611. The molecule has 0 aliphatic heterocycles. The molecule has 0 saturated carbocycles. The van der Waals surface area contributed by atoms with E-state index in [9.17, 15) is 33.2 Å². The van der Waals surface area contributed by atoms with E-state index in [0.717, 1.165) is 11.5 Å². The van der Waals surface area contributed by atoms with Crippen LogP contribution in [0.4, 0.5) is 11.4 Å². The van der Waals surface area contributed by atoms with Crippen LogP contribution in [-0.4, -0.2) is 62.0 Å². The number of rotatable bonds is 12. The number of nitro groups is 1. The molecule has 1 amide bonds. The van der Waals surface area contributed by atoms with E-state index in [-0.39, 0.29) is 35.2 Å². The van der Waals surface area contributed by atoms with Crippen LogP contribution < -0.4 is 26.8 Å². The highest BCUT2D eigenvalue weighted by atomic mass is 32.2. The molecule has 15 heteroatoms. The molecule has 0 aromatic heterocycles. The Morgan fingerprint density at radius 1 is 1.05 bits per heavy atom. The highest BCUT2D eigenvalue weighted by Crippen LogP contribution is 2.25. The Kier molecular flexibility index (Phi) is 8.77. The number of aliphatic imine (C=N–C) groups is 1. The van der Waals surface area contributed by atoms with Crippen LogP contribution in [0.2, 0.25) is 0 Å². The van der Waals surface area contributed by atoms with Crippen molar-refractivity contribution < 1.29 is 28.0 Å². The number of fused-ring (bicyclic) bond motifs is 1. The number of carbonyl (C=O) groups is 2. The number of nitrogens with one attached hydrogen (secondary N) is 3. The standard InChI is InChI=1S/C23H25N7O7S/c24-23(25)27-10-9-26-18-8-6-16(12-20(18)30(34)35)21(31)28-13-19(22(32)33)29-38(36,37)17-7-5-14-3-1-2-4-15(14)11-17/h1-8,11-12,19,26,29H,9-10,13H2,(H,28,31)(H,32,33)(H4,24,25,27). The van der Waals surface area contributed by atoms with Gasteiger partial charge in [0.25, 0.3) is 11.6 Å². The number of carbonyl (C=O) groups excluding carboxylic acids is 1. The zero-order valence-corrected chi connectivity index (χ0v) is 20.6. The lowest BCUT2D eigenvalue weighted by molar-refractivity contribution is -0.384. The van der Waals surface area contributed by atoms with E-state index >= 15 is 0 Å². The van der Waals surface area contributed by atoms with Gasteiger partial charge in [-0.05, 0) is 35.0 Å². The SMILES string of the molecule is NC(N)=NCCNc1ccc(C(=O)NCC(NS(=O)(=O)c2ccc3ccccc3c2)C(=O)O)cc1[N+](=O)[O-]. The second kappa shape index (κ2) is 12.0. The predicted molar refractivity (Wildman–Crippen MR) is 140 cm³/mol. The molecule has 0 bridgehead atoms. The Balaban J connectivity index is 1.70. The van der Waals surface area contributed by atoms with Crippen LogP contribution in [0.5, 0.6) is 0 Å². The molecule has 0 aliphatic carbocycles. The van der Waals surface area contributed by atoms with Crippen LogP contribution in [-0.2, 0) is 14.8 Å². The van der Waals surface area contributed by atoms with E-state index < -0.39 is 45.1 Å². The van der Waals surface area contributed by atoms with Crippen LogP contribution in [0.3, 0.4) is 0 Å². The minimum absolute atomic E-state index is 0.115. The number of amides is 1. The highest BCUT2D eigenvalue weighted by Gasteiger charge is 2.27. The van der Waals surface area contributed by atoms with Crippen molar-refractivity contribution >= 4 is 50.0 Å². The Hall–Kier alpha value is -4.76. The predicted octanol–water partition coefficient (Wildman–Crippen LogP) is 0.595. The molecular formula is C23H25N7O7S. The zero-order chi connectivity index (χ0) is 27.9. The molecule has 0 radical (unpaired) electrons. The minimum atomic E-state index is -4.25. The van der Waals surface area contributed by atoms with Gasteiger partial charge in [-0.15, -0.1) is 0 Å². The van der Waals surface area contributed by atoms with E-state index in [0.29, 0.717) is 5.39 Å². The molecular weight excluding hydrogens is 518 g/mol. The lowest BCUT2D eigenvalue weighted by atomic mass is 10.1. The molecule has 1 atom stereocenters. The molecule has 8 N–H and O–H groups in total. The number of hydrogen-bond donors (Lipinski definition) is 6. The Morgan fingerprint density at radius 2 is 1.76 bits per heavy atom. The summed E-state index contributed by atoms with van der Waals surface area (Å²) in [5, 5.41) is 27.5. The van der Waals surface area contributed by atoms with Gasteiger partial charge in [0.15, 0.2) is 5.96 Å². The Bertz CT molecular complexity index is 1500. The molecule has 14 nitrogen and oxygen atoms in total. The van der Waals surface area contributed by atoms with E-state index in [4.69, 9.17) is 11.5 Å². The third-order valence-corrected chi connectivity index (χ3v) is 6.74. The van der Waals surface area contributed by atoms with Crippen LogP contribution >= 0.6 is 0 Å². The maximum absolute atomic E-state index is 12.8. The average molecular weight is 544 g/mol. The average Bonchev–Trinajstić information content (AvgIpc) is 2.88. The molecule has 0 spiro atoms. The van der Waals surface area contributed by atoms with Crippen molar-refractivity contribution in [1.82, 2.24) is 10.0 Å². The maximum atomic E-state index is 12.8. The van der Waals surface area contributed by atoms with Crippen molar-refractivity contribution in [1.29, 1.82) is 0 Å². The largest absolute Gasteiger partial charge is 0.480 e. The van der Waals surface area contributed by atoms with E-state index in [2.05, 4.69) is 20.3 Å². The monoisotopic (exact) mass is 543 g/mol. The van der Waals surface area contributed by atoms with Gasteiger partial charge in [0.2, 0.25) is 10.0 Å². The summed E-state index contributed by atoms with van der Waals surface area (Å²) < 4.78 is 27.7. The van der Waals surface area contributed by atoms with Crippen molar-refractivity contribution in [2.24, 2.45) is 16.5 Å². The number of hydrogen-bond acceptors (Lipinski definition) is 8. The summed E-state index contributed by atoms with van der Waals surface area (Å²) in [5.41, 5.74) is 10.0. The zero-order valence-electron chi connectivity index (χ0n) is 19.8. The summed E-state index contributed by atoms with van der Waals surface area (Å²) in [6, 6.07) is 13.3. The Labute approximate surface area is 216 Å². The number of nitrogens with zero attached hydrogens (tertiary/aromatic N) is 2. The first-order valence-electron chi connectivity index (χ1n) is 11.1. The highest BCUT2D eigenvalue weighted by molar-refractivity contribution is 7.89. The first kappa shape index (κ1) is 27.8. The van der Waals surface area contributed by atoms with Gasteiger partial charge in [-0.25, -0.2) is 8.42 Å². The summed E-state index contributed by atoms with van der Waals surface area (Å²) in [4.78, 5) is 38.7. The first-order chi connectivity index (χ1) is 18.0. The molecule has 3 rings (SSSR count). The lowest BCUT2D eigenvalue weighted by Gasteiger charge is -2.16. The Morgan fingerprint density at radius 3 is 2.42 bits per heavy atom. The van der Waals surface area contributed by atoms with E-state index in [1.54, 1.807) is 30.3 Å². The topological polar surface area (TPSA) is 232 Å². The van der Waals surface area contributed by atoms with E-state index in [1.807, 2.05) is 0 Å². The second-order valence-electron chi connectivity index (χ2n) is 7.95. The number of carboxylic acid groups (broad SMARTS) is 1. The van der Waals surface area contributed by atoms with Crippen LogP contribution in [0, 0.1) is 10.1 Å². The molecule has 38 heavy (non-hydrogen) atoms. The number of aliphatic carboxylic acids is 1. The van der Waals surface area contributed by atoms with Gasteiger partial charge < -0.3 is 27.2 Å². The number of nitrogens with two attached hydrogens (primary N) is 2. The van der Waals surface area contributed by atoms with Crippen LogP contribution in [0.25, 0.3) is 10.8 Å². The number of benzene rings is 3. The van der Waals surface area contributed by atoms with Crippen molar-refractivity contribution in [2.45, 2.75) is 10.9 Å². The molecule has 0 saturated heterocycles. The molecule has 1 unspecified atom stereocenters. The number of sulfonamides is 1. The number of guanidine groups is 1. The van der Waals surface area contributed by atoms with Gasteiger partial charge in [-0.3, -0.25) is 24.7 Å². The molecule has 0 fully saturated rings. The smallest absolute Gasteiger partial charge is 0.323 e.